The lowest BCUT2D eigenvalue weighted by atomic mass is 9.95. The molecule has 6 nitrogen and oxygen atoms in total. The molecule has 0 aliphatic carbocycles. The van der Waals surface area contributed by atoms with Gasteiger partial charge in [0.2, 0.25) is 10.0 Å². The Labute approximate surface area is 192 Å². The average molecular weight is 459 g/mol. The zero-order valence-electron chi connectivity index (χ0n) is 19.7. The first-order valence-electron chi connectivity index (χ1n) is 11.1. The minimum atomic E-state index is -3.60. The Hall–Kier alpha value is -2.38. The number of rotatable bonds is 7. The second-order valence-corrected chi connectivity index (χ2v) is 10.4. The molecular weight excluding hydrogens is 424 g/mol. The van der Waals surface area contributed by atoms with E-state index in [4.69, 9.17) is 4.74 Å². The zero-order valence-corrected chi connectivity index (χ0v) is 20.5. The number of carbonyl (C=O) groups is 1. The number of benzene rings is 2. The fourth-order valence-electron chi connectivity index (χ4n) is 4.31. The summed E-state index contributed by atoms with van der Waals surface area (Å²) in [7, 11) is -3.60. The molecule has 0 bridgehead atoms. The van der Waals surface area contributed by atoms with Crippen LogP contribution in [0.4, 0.5) is 0 Å². The van der Waals surface area contributed by atoms with Gasteiger partial charge in [-0.25, -0.2) is 13.1 Å². The minimum absolute atomic E-state index is 0.0198. The van der Waals surface area contributed by atoms with Crippen molar-refractivity contribution in [2.75, 3.05) is 26.2 Å². The highest BCUT2D eigenvalue weighted by atomic mass is 32.2. The number of nitrogens with one attached hydrogen (secondary N) is 1. The van der Waals surface area contributed by atoms with Crippen LogP contribution in [0.5, 0.6) is 5.75 Å². The highest BCUT2D eigenvalue weighted by Crippen LogP contribution is 2.29. The zero-order chi connectivity index (χ0) is 23.5. The van der Waals surface area contributed by atoms with Gasteiger partial charge in [0, 0.05) is 19.6 Å². The second-order valence-electron chi connectivity index (χ2n) is 8.73. The van der Waals surface area contributed by atoms with E-state index in [-0.39, 0.29) is 18.4 Å². The number of likely N-dealkylation sites (tertiary alicyclic amines) is 1. The fraction of sp³-hybridized carbons (Fsp3) is 0.480. The highest BCUT2D eigenvalue weighted by Gasteiger charge is 2.27. The lowest BCUT2D eigenvalue weighted by Gasteiger charge is -2.32. The van der Waals surface area contributed by atoms with Crippen molar-refractivity contribution in [3.05, 3.63) is 58.1 Å². The van der Waals surface area contributed by atoms with E-state index in [9.17, 15) is 13.2 Å². The smallest absolute Gasteiger partial charge is 0.260 e. The summed E-state index contributed by atoms with van der Waals surface area (Å²) in [5, 5.41) is 0. The van der Waals surface area contributed by atoms with Gasteiger partial charge in [0.05, 0.1) is 4.90 Å². The molecule has 1 saturated heterocycles. The van der Waals surface area contributed by atoms with Crippen LogP contribution in [0.1, 0.15) is 40.7 Å². The van der Waals surface area contributed by atoms with Crippen molar-refractivity contribution in [3.63, 3.8) is 0 Å². The van der Waals surface area contributed by atoms with Crippen molar-refractivity contribution in [2.45, 2.75) is 52.4 Å². The molecule has 7 heteroatoms. The molecule has 0 atom stereocenters. The summed E-state index contributed by atoms with van der Waals surface area (Å²) >= 11 is 0. The maximum Gasteiger partial charge on any atom is 0.260 e. The van der Waals surface area contributed by atoms with Crippen LogP contribution in [0.15, 0.2) is 35.2 Å². The maximum absolute atomic E-state index is 13.1. The number of amides is 1. The van der Waals surface area contributed by atoms with E-state index in [1.807, 2.05) is 65.0 Å². The van der Waals surface area contributed by atoms with Crippen LogP contribution >= 0.6 is 0 Å². The predicted molar refractivity (Wildman–Crippen MR) is 127 cm³/mol. The van der Waals surface area contributed by atoms with Crippen molar-refractivity contribution in [1.82, 2.24) is 9.62 Å². The van der Waals surface area contributed by atoms with Gasteiger partial charge in [0.15, 0.2) is 6.61 Å². The number of ether oxygens (including phenoxy) is 1. The average Bonchev–Trinajstić information content (AvgIpc) is 2.79. The molecule has 0 spiro atoms. The first-order chi connectivity index (χ1) is 15.1. The standard InChI is InChI=1S/C25H34N2O4S/c1-17-18(2)20(4)25(21(5)19(17)3)32(29,30)26-15-22-11-13-27(14-12-22)24(28)16-31-23-9-7-6-8-10-23/h6-10,22,26H,11-16H2,1-5H3. The summed E-state index contributed by atoms with van der Waals surface area (Å²) in [4.78, 5) is 14.6. The lowest BCUT2D eigenvalue weighted by molar-refractivity contribution is -0.134. The summed E-state index contributed by atoms with van der Waals surface area (Å²) in [5.41, 5.74) is 4.83. The van der Waals surface area contributed by atoms with Crippen molar-refractivity contribution < 1.29 is 17.9 Å². The SMILES string of the molecule is Cc1c(C)c(C)c(S(=O)(=O)NCC2CCN(C(=O)COc3ccccc3)CC2)c(C)c1C. The summed E-state index contributed by atoms with van der Waals surface area (Å²) in [6.45, 7) is 11.4. The Morgan fingerprint density at radius 1 is 0.938 bits per heavy atom. The third kappa shape index (κ3) is 5.33. The van der Waals surface area contributed by atoms with Crippen LogP contribution < -0.4 is 9.46 Å². The maximum atomic E-state index is 13.1. The third-order valence-corrected chi connectivity index (χ3v) is 8.53. The van der Waals surface area contributed by atoms with Crippen LogP contribution in [0.3, 0.4) is 0 Å². The number of hydrogen-bond acceptors (Lipinski definition) is 4. The van der Waals surface area contributed by atoms with Crippen LogP contribution in [-0.2, 0) is 14.8 Å². The molecule has 32 heavy (non-hydrogen) atoms. The topological polar surface area (TPSA) is 75.7 Å². The van der Waals surface area contributed by atoms with Gasteiger partial charge in [0.25, 0.3) is 5.91 Å². The Morgan fingerprint density at radius 2 is 1.47 bits per heavy atom. The van der Waals surface area contributed by atoms with Gasteiger partial charge in [0.1, 0.15) is 5.75 Å². The Bertz CT molecular complexity index is 1040. The molecule has 1 amide bonds. The quantitative estimate of drug-likeness (QED) is 0.684. The molecule has 1 heterocycles. The van der Waals surface area contributed by atoms with Crippen molar-refractivity contribution >= 4 is 15.9 Å². The van der Waals surface area contributed by atoms with E-state index in [2.05, 4.69) is 4.72 Å². The normalized spacial score (nSPS) is 15.1. The van der Waals surface area contributed by atoms with Gasteiger partial charge >= 0.3 is 0 Å². The van der Waals surface area contributed by atoms with Gasteiger partial charge in [-0.2, -0.15) is 0 Å². The van der Waals surface area contributed by atoms with Crippen molar-refractivity contribution in [2.24, 2.45) is 5.92 Å². The van der Waals surface area contributed by atoms with E-state index in [0.29, 0.717) is 30.3 Å². The first kappa shape index (κ1) is 24.3. The minimum Gasteiger partial charge on any atom is -0.484 e. The molecule has 1 aliphatic heterocycles. The van der Waals surface area contributed by atoms with Gasteiger partial charge in [-0.1, -0.05) is 18.2 Å². The molecule has 2 aromatic carbocycles. The first-order valence-corrected chi connectivity index (χ1v) is 12.6. The van der Waals surface area contributed by atoms with Gasteiger partial charge < -0.3 is 9.64 Å². The lowest BCUT2D eigenvalue weighted by Crippen LogP contribution is -2.43. The number of nitrogens with zero attached hydrogens (tertiary/aromatic N) is 1. The number of piperidine rings is 1. The molecule has 0 unspecified atom stereocenters. The molecule has 0 radical (unpaired) electrons. The molecule has 0 saturated carbocycles. The third-order valence-electron chi connectivity index (χ3n) is 6.83. The van der Waals surface area contributed by atoms with Crippen molar-refractivity contribution in [1.29, 1.82) is 0 Å². The van der Waals surface area contributed by atoms with Gasteiger partial charge in [-0.15, -0.1) is 0 Å². The number of para-hydroxylation sites is 1. The van der Waals surface area contributed by atoms with Crippen LogP contribution in [-0.4, -0.2) is 45.5 Å². The Balaban J connectivity index is 1.54. The number of sulfonamides is 1. The molecule has 2 aromatic rings. The van der Waals surface area contributed by atoms with E-state index < -0.39 is 10.0 Å². The second kappa shape index (κ2) is 10.0. The van der Waals surface area contributed by atoms with E-state index in [1.165, 1.54) is 0 Å². The monoisotopic (exact) mass is 458 g/mol. The molecule has 1 fully saturated rings. The largest absolute Gasteiger partial charge is 0.484 e. The summed E-state index contributed by atoms with van der Waals surface area (Å²) in [5.74, 6) is 0.846. The Morgan fingerprint density at radius 3 is 2.03 bits per heavy atom. The fourth-order valence-corrected chi connectivity index (χ4v) is 6.02. The molecular formula is C25H34N2O4S. The van der Waals surface area contributed by atoms with Crippen LogP contribution in [0.2, 0.25) is 0 Å². The Kier molecular flexibility index (Phi) is 7.62. The summed E-state index contributed by atoms with van der Waals surface area (Å²) < 4.78 is 34.7. The summed E-state index contributed by atoms with van der Waals surface area (Å²) in [6, 6.07) is 9.29. The molecule has 174 valence electrons. The summed E-state index contributed by atoms with van der Waals surface area (Å²) in [6.07, 6.45) is 1.53. The van der Waals surface area contributed by atoms with Crippen molar-refractivity contribution in [3.8, 4) is 5.75 Å². The predicted octanol–water partition coefficient (Wildman–Crippen LogP) is 3.82. The highest BCUT2D eigenvalue weighted by molar-refractivity contribution is 7.89. The molecule has 1 aliphatic rings. The number of carbonyl (C=O) groups excluding carboxylic acids is 1. The van der Waals surface area contributed by atoms with E-state index in [1.54, 1.807) is 4.90 Å². The molecule has 1 N–H and O–H groups in total. The van der Waals surface area contributed by atoms with Gasteiger partial charge in [-0.05, 0) is 93.3 Å². The molecule has 3 rings (SSSR count). The van der Waals surface area contributed by atoms with Gasteiger partial charge in [-0.3, -0.25) is 4.79 Å². The van der Waals surface area contributed by atoms with Crippen LogP contribution in [0, 0.1) is 40.5 Å². The molecule has 0 aromatic heterocycles. The van der Waals surface area contributed by atoms with E-state index >= 15 is 0 Å². The van der Waals surface area contributed by atoms with Crippen LogP contribution in [0.25, 0.3) is 0 Å². The van der Waals surface area contributed by atoms with E-state index in [0.717, 1.165) is 40.7 Å². The number of hydrogen-bond donors (Lipinski definition) is 1.